The smallest absolute Gasteiger partial charge is 0.0503 e. The van der Waals surface area contributed by atoms with Gasteiger partial charge in [0.05, 0.1) is 22.7 Å². The normalized spacial score (nSPS) is 15.8. The fourth-order valence-corrected chi connectivity index (χ4v) is 11.2. The first-order valence-corrected chi connectivity index (χ1v) is 22.1. The molecule has 0 unspecified atom stereocenters. The third-order valence-corrected chi connectivity index (χ3v) is 14.4. The van der Waals surface area contributed by atoms with Crippen LogP contribution in [0.15, 0.2) is 194 Å². The van der Waals surface area contributed by atoms with Gasteiger partial charge in [-0.25, -0.2) is 0 Å². The predicted molar refractivity (Wildman–Crippen MR) is 264 cm³/mol. The maximum absolute atomic E-state index is 2.51. The molecule has 0 atom stereocenters. The fourth-order valence-electron chi connectivity index (χ4n) is 11.2. The van der Waals surface area contributed by atoms with Gasteiger partial charge in [-0.1, -0.05) is 161 Å². The Morgan fingerprint density at radius 1 is 0.403 bits per heavy atom. The van der Waals surface area contributed by atoms with Crippen molar-refractivity contribution in [3.8, 4) is 11.1 Å². The first kappa shape index (κ1) is 36.7. The predicted octanol–water partition coefficient (Wildman–Crippen LogP) is 16.2. The van der Waals surface area contributed by atoms with Crippen LogP contribution < -0.4 is 9.80 Å². The van der Waals surface area contributed by atoms with Gasteiger partial charge in [0.15, 0.2) is 0 Å². The van der Waals surface area contributed by atoms with E-state index in [1.54, 1.807) is 0 Å². The summed E-state index contributed by atoms with van der Waals surface area (Å²) in [6.07, 6.45) is 5.69. The van der Waals surface area contributed by atoms with E-state index in [-0.39, 0.29) is 10.8 Å². The topological polar surface area (TPSA) is 6.48 Å². The SMILES string of the molecule is CC1=CC(N2c3ccccc3C(C)(C)c3cc(-c4ccc5c(c4)C(C)(C)c4ccccc4N5c4ccc5c6ccccc6c6ccccc6c5c4)ccc32)=CCc2ccccc21. The van der Waals surface area contributed by atoms with E-state index in [0.717, 1.165) is 6.42 Å². The first-order chi connectivity index (χ1) is 30.2. The van der Waals surface area contributed by atoms with Crippen molar-refractivity contribution in [2.75, 3.05) is 9.80 Å². The highest BCUT2D eigenvalue weighted by molar-refractivity contribution is 6.25. The van der Waals surface area contributed by atoms with Gasteiger partial charge in [-0.05, 0) is 150 Å². The van der Waals surface area contributed by atoms with Crippen LogP contribution in [0.1, 0.15) is 68.0 Å². The van der Waals surface area contributed by atoms with Crippen LogP contribution in [0.25, 0.3) is 49.0 Å². The molecule has 2 heterocycles. The second-order valence-electron chi connectivity index (χ2n) is 18.6. The van der Waals surface area contributed by atoms with Gasteiger partial charge < -0.3 is 9.80 Å². The van der Waals surface area contributed by atoms with Crippen LogP contribution in [0, 0.1) is 0 Å². The van der Waals surface area contributed by atoms with Crippen LogP contribution in [0.5, 0.6) is 0 Å². The summed E-state index contributed by atoms with van der Waals surface area (Å²) < 4.78 is 0. The molecule has 0 aromatic heterocycles. The number of rotatable bonds is 3. The zero-order valence-corrected chi connectivity index (χ0v) is 36.0. The molecule has 2 aliphatic heterocycles. The third-order valence-electron chi connectivity index (χ3n) is 14.4. The van der Waals surface area contributed by atoms with Crippen molar-refractivity contribution >= 4 is 66.3 Å². The molecule has 0 radical (unpaired) electrons. The summed E-state index contributed by atoms with van der Waals surface area (Å²) in [6.45, 7) is 11.8. The Labute approximate surface area is 364 Å². The maximum Gasteiger partial charge on any atom is 0.0503 e. The Hall–Kier alpha value is -7.16. The summed E-state index contributed by atoms with van der Waals surface area (Å²) in [5.41, 5.74) is 18.7. The number of allylic oxidation sites excluding steroid dienone is 3. The van der Waals surface area contributed by atoms with E-state index >= 15 is 0 Å². The molecule has 9 aromatic carbocycles. The van der Waals surface area contributed by atoms with Gasteiger partial charge in [-0.3, -0.25) is 0 Å². The van der Waals surface area contributed by atoms with Crippen LogP contribution >= 0.6 is 0 Å². The third kappa shape index (κ3) is 5.29. The minimum Gasteiger partial charge on any atom is -0.310 e. The van der Waals surface area contributed by atoms with E-state index in [1.807, 2.05) is 0 Å². The molecule has 0 saturated heterocycles. The summed E-state index contributed by atoms with van der Waals surface area (Å²) >= 11 is 0. The quantitative estimate of drug-likeness (QED) is 0.164. The maximum atomic E-state index is 2.51. The van der Waals surface area contributed by atoms with Gasteiger partial charge >= 0.3 is 0 Å². The molecule has 3 aliphatic rings. The van der Waals surface area contributed by atoms with E-state index < -0.39 is 0 Å². The van der Waals surface area contributed by atoms with Crippen molar-refractivity contribution in [1.82, 2.24) is 0 Å². The molecule has 0 saturated carbocycles. The molecular weight excluding hydrogens is 749 g/mol. The van der Waals surface area contributed by atoms with Crippen molar-refractivity contribution < 1.29 is 0 Å². The molecule has 0 N–H and O–H groups in total. The van der Waals surface area contributed by atoms with Crippen LogP contribution in [0.3, 0.4) is 0 Å². The summed E-state index contributed by atoms with van der Waals surface area (Å²) in [4.78, 5) is 5.01. The lowest BCUT2D eigenvalue weighted by Crippen LogP contribution is -2.32. The Bertz CT molecular complexity index is 3380. The number of anilines is 5. The lowest BCUT2D eigenvalue weighted by atomic mass is 9.71. The minimum absolute atomic E-state index is 0.208. The van der Waals surface area contributed by atoms with Gasteiger partial charge in [0.2, 0.25) is 0 Å². The minimum atomic E-state index is -0.227. The standard InChI is InChI=1S/C60H48N2/c1-38-34-42(29-26-39-16-6-7-17-44(38)39)61-55-24-14-12-22-51(55)59(2,3)53-35-40(27-32-57(53)61)41-28-33-58-54(36-41)60(4,5)52-23-13-15-25-56(52)62(58)43-30-31-49-47-20-9-8-18-45(47)46-19-10-11-21-48(46)50(49)37-43/h6-25,27-37H,26H2,1-5H3. The van der Waals surface area contributed by atoms with E-state index in [2.05, 4.69) is 232 Å². The van der Waals surface area contributed by atoms with E-state index in [1.165, 1.54) is 117 Å². The molecule has 0 amide bonds. The van der Waals surface area contributed by atoms with Crippen LogP contribution in [-0.4, -0.2) is 0 Å². The number of hydrogen-bond donors (Lipinski definition) is 0. The summed E-state index contributed by atoms with van der Waals surface area (Å²) in [5, 5.41) is 7.73. The highest BCUT2D eigenvalue weighted by Gasteiger charge is 2.39. The molecule has 62 heavy (non-hydrogen) atoms. The highest BCUT2D eigenvalue weighted by atomic mass is 15.2. The largest absolute Gasteiger partial charge is 0.310 e. The first-order valence-electron chi connectivity index (χ1n) is 22.1. The molecule has 298 valence electrons. The van der Waals surface area contributed by atoms with Crippen LogP contribution in [-0.2, 0) is 17.3 Å². The summed E-state index contributed by atoms with van der Waals surface area (Å²) in [5.74, 6) is 0. The van der Waals surface area contributed by atoms with E-state index in [0.29, 0.717) is 0 Å². The fraction of sp³-hybridized carbons (Fsp3) is 0.133. The second kappa shape index (κ2) is 13.4. The molecule has 0 spiro atoms. The van der Waals surface area contributed by atoms with Crippen molar-refractivity contribution in [2.24, 2.45) is 0 Å². The van der Waals surface area contributed by atoms with Crippen molar-refractivity contribution in [1.29, 1.82) is 0 Å². The Kier molecular flexibility index (Phi) is 7.94. The highest BCUT2D eigenvalue weighted by Crippen LogP contribution is 2.55. The number of fused-ring (bicyclic) bond motifs is 11. The number of para-hydroxylation sites is 2. The van der Waals surface area contributed by atoms with Gasteiger partial charge in [-0.15, -0.1) is 0 Å². The molecule has 12 rings (SSSR count). The van der Waals surface area contributed by atoms with E-state index in [9.17, 15) is 0 Å². The zero-order chi connectivity index (χ0) is 41.9. The monoisotopic (exact) mass is 796 g/mol. The van der Waals surface area contributed by atoms with Crippen LogP contribution in [0.2, 0.25) is 0 Å². The molecule has 9 aromatic rings. The van der Waals surface area contributed by atoms with Crippen LogP contribution in [0.4, 0.5) is 28.4 Å². The molecule has 2 heteroatoms. The Balaban J connectivity index is 1.01. The number of benzene rings is 9. The number of hydrogen-bond acceptors (Lipinski definition) is 2. The average Bonchev–Trinajstić information content (AvgIpc) is 3.47. The Morgan fingerprint density at radius 2 is 0.871 bits per heavy atom. The Morgan fingerprint density at radius 3 is 1.48 bits per heavy atom. The van der Waals surface area contributed by atoms with Crippen molar-refractivity contribution in [2.45, 2.75) is 51.9 Å². The van der Waals surface area contributed by atoms with Crippen molar-refractivity contribution in [3.63, 3.8) is 0 Å². The lowest BCUT2D eigenvalue weighted by Gasteiger charge is -2.43. The van der Waals surface area contributed by atoms with Gasteiger partial charge in [0, 0.05) is 22.2 Å². The molecule has 0 bridgehead atoms. The van der Waals surface area contributed by atoms with Gasteiger partial charge in [0.1, 0.15) is 0 Å². The zero-order valence-electron chi connectivity index (χ0n) is 36.0. The molecule has 1 aliphatic carbocycles. The second-order valence-corrected chi connectivity index (χ2v) is 18.6. The molecule has 2 nitrogen and oxygen atoms in total. The molecule has 0 fully saturated rings. The number of nitrogens with zero attached hydrogens (tertiary/aromatic N) is 2. The van der Waals surface area contributed by atoms with E-state index in [4.69, 9.17) is 0 Å². The summed E-state index contributed by atoms with van der Waals surface area (Å²) in [6, 6.07) is 66.0. The van der Waals surface area contributed by atoms with Crippen molar-refractivity contribution in [3.05, 3.63) is 227 Å². The van der Waals surface area contributed by atoms with Gasteiger partial charge in [-0.2, -0.15) is 0 Å². The average molecular weight is 797 g/mol. The summed E-state index contributed by atoms with van der Waals surface area (Å²) in [7, 11) is 0. The molecular formula is C60H48N2. The van der Waals surface area contributed by atoms with Gasteiger partial charge in [0.25, 0.3) is 0 Å². The lowest BCUT2D eigenvalue weighted by molar-refractivity contribution is 0.630.